The zero-order valence-corrected chi connectivity index (χ0v) is 15.0. The smallest absolute Gasteiger partial charge is 0.225 e. The van der Waals surface area contributed by atoms with E-state index in [1.54, 1.807) is 11.8 Å². The van der Waals surface area contributed by atoms with Crippen LogP contribution in [0.2, 0.25) is 0 Å². The van der Waals surface area contributed by atoms with Gasteiger partial charge in [0, 0.05) is 30.4 Å². The molecule has 122 valence electrons. The van der Waals surface area contributed by atoms with Crippen LogP contribution in [0.4, 0.5) is 5.82 Å². The third-order valence-electron chi connectivity index (χ3n) is 3.62. The largest absolute Gasteiger partial charge is 0.356 e. The Morgan fingerprint density at radius 2 is 2.14 bits per heavy atom. The molecule has 22 heavy (non-hydrogen) atoms. The number of hydrogen-bond donors (Lipinski definition) is 1. The minimum absolute atomic E-state index is 0.0287. The van der Waals surface area contributed by atoms with Crippen LogP contribution < -0.4 is 10.2 Å². The number of carbonyl (C=O) groups is 1. The summed E-state index contributed by atoms with van der Waals surface area (Å²) in [5, 5.41) is 3.88. The molecular weight excluding hydrogens is 296 g/mol. The van der Waals surface area contributed by atoms with Crippen LogP contribution in [0, 0.1) is 12.8 Å². The van der Waals surface area contributed by atoms with Crippen LogP contribution >= 0.6 is 11.8 Å². The van der Waals surface area contributed by atoms with E-state index >= 15 is 0 Å². The SMILES string of the molecule is CSc1nc(C)cc(N2CCCC(C(=O)NC(C)(C)C)C2)n1. The van der Waals surface area contributed by atoms with Crippen molar-refractivity contribution >= 4 is 23.5 Å². The maximum atomic E-state index is 12.4. The summed E-state index contributed by atoms with van der Waals surface area (Å²) in [7, 11) is 0. The Morgan fingerprint density at radius 1 is 1.41 bits per heavy atom. The van der Waals surface area contributed by atoms with E-state index in [0.29, 0.717) is 0 Å². The molecule has 0 aromatic carbocycles. The summed E-state index contributed by atoms with van der Waals surface area (Å²) in [4.78, 5) is 23.6. The predicted octanol–water partition coefficient (Wildman–Crippen LogP) is 2.64. The molecule has 0 aliphatic carbocycles. The van der Waals surface area contributed by atoms with E-state index in [-0.39, 0.29) is 17.4 Å². The molecule has 1 aliphatic heterocycles. The number of aryl methyl sites for hydroxylation is 1. The fourth-order valence-electron chi connectivity index (χ4n) is 2.65. The molecule has 1 fully saturated rings. The molecule has 6 heteroatoms. The van der Waals surface area contributed by atoms with E-state index < -0.39 is 0 Å². The highest BCUT2D eigenvalue weighted by Gasteiger charge is 2.28. The minimum atomic E-state index is -0.184. The second-order valence-corrected chi connectivity index (χ2v) is 7.65. The van der Waals surface area contributed by atoms with Crippen molar-refractivity contribution in [3.8, 4) is 0 Å². The molecule has 1 amide bonds. The van der Waals surface area contributed by atoms with Crippen molar-refractivity contribution < 1.29 is 4.79 Å². The summed E-state index contributed by atoms with van der Waals surface area (Å²) < 4.78 is 0. The molecule has 1 aliphatic rings. The summed E-state index contributed by atoms with van der Waals surface area (Å²) in [6, 6.07) is 2.00. The van der Waals surface area contributed by atoms with E-state index in [9.17, 15) is 4.79 Å². The summed E-state index contributed by atoms with van der Waals surface area (Å²) in [5.41, 5.74) is 0.785. The van der Waals surface area contributed by atoms with Gasteiger partial charge >= 0.3 is 0 Å². The Balaban J connectivity index is 2.10. The maximum Gasteiger partial charge on any atom is 0.225 e. The number of piperidine rings is 1. The normalized spacial score (nSPS) is 19.1. The molecule has 0 saturated carbocycles. The van der Waals surface area contributed by atoms with Crippen molar-refractivity contribution in [1.29, 1.82) is 0 Å². The molecular formula is C16H26N4OS. The Bertz CT molecular complexity index is 541. The Kier molecular flexibility index (Phi) is 5.32. The summed E-state index contributed by atoms with van der Waals surface area (Å²) in [6.07, 6.45) is 3.94. The monoisotopic (exact) mass is 322 g/mol. The van der Waals surface area contributed by atoms with E-state index in [1.807, 2.05) is 40.0 Å². The van der Waals surface area contributed by atoms with Gasteiger partial charge in [0.05, 0.1) is 5.92 Å². The fourth-order valence-corrected chi connectivity index (χ4v) is 3.07. The number of hydrogen-bond acceptors (Lipinski definition) is 5. The van der Waals surface area contributed by atoms with Crippen molar-refractivity contribution in [3.63, 3.8) is 0 Å². The van der Waals surface area contributed by atoms with E-state index in [2.05, 4.69) is 20.2 Å². The van der Waals surface area contributed by atoms with Crippen LogP contribution in [0.5, 0.6) is 0 Å². The van der Waals surface area contributed by atoms with Crippen molar-refractivity contribution in [1.82, 2.24) is 15.3 Å². The highest BCUT2D eigenvalue weighted by atomic mass is 32.2. The second-order valence-electron chi connectivity index (χ2n) is 6.88. The summed E-state index contributed by atoms with van der Waals surface area (Å²) >= 11 is 1.55. The Morgan fingerprint density at radius 3 is 2.77 bits per heavy atom. The van der Waals surface area contributed by atoms with Crippen LogP contribution in [0.3, 0.4) is 0 Å². The van der Waals surface area contributed by atoms with Crippen molar-refractivity contribution in [2.75, 3.05) is 24.2 Å². The standard InChI is InChI=1S/C16H26N4OS/c1-11-9-13(18-15(17-11)22-5)20-8-6-7-12(10-20)14(21)19-16(2,3)4/h9,12H,6-8,10H2,1-5H3,(H,19,21). The van der Waals surface area contributed by atoms with Gasteiger partial charge in [0.15, 0.2) is 5.16 Å². The van der Waals surface area contributed by atoms with Gasteiger partial charge in [0.2, 0.25) is 5.91 Å². The average Bonchev–Trinajstić information content (AvgIpc) is 2.45. The molecule has 1 saturated heterocycles. The molecule has 0 radical (unpaired) electrons. The number of amides is 1. The lowest BCUT2D eigenvalue weighted by Gasteiger charge is -2.34. The molecule has 1 aromatic rings. The van der Waals surface area contributed by atoms with Crippen LogP contribution in [-0.4, -0.2) is 40.8 Å². The van der Waals surface area contributed by atoms with Crippen LogP contribution in [0.15, 0.2) is 11.2 Å². The highest BCUT2D eigenvalue weighted by molar-refractivity contribution is 7.98. The number of aromatic nitrogens is 2. The molecule has 0 bridgehead atoms. The molecule has 1 atom stereocenters. The van der Waals surface area contributed by atoms with E-state index in [4.69, 9.17) is 0 Å². The number of rotatable bonds is 3. The molecule has 1 N–H and O–H groups in total. The van der Waals surface area contributed by atoms with Gasteiger partial charge in [0.25, 0.3) is 0 Å². The van der Waals surface area contributed by atoms with Gasteiger partial charge in [-0.3, -0.25) is 4.79 Å². The van der Waals surface area contributed by atoms with Crippen molar-refractivity contribution in [3.05, 3.63) is 11.8 Å². The average molecular weight is 322 g/mol. The first kappa shape index (κ1) is 17.1. The van der Waals surface area contributed by atoms with Gasteiger partial charge in [-0.2, -0.15) is 0 Å². The van der Waals surface area contributed by atoms with Gasteiger partial charge in [-0.05, 0) is 46.8 Å². The first-order valence-electron chi connectivity index (χ1n) is 7.75. The number of thioether (sulfide) groups is 1. The molecule has 1 unspecified atom stereocenters. The summed E-state index contributed by atoms with van der Waals surface area (Å²) in [6.45, 7) is 9.71. The van der Waals surface area contributed by atoms with Crippen LogP contribution in [0.25, 0.3) is 0 Å². The minimum Gasteiger partial charge on any atom is -0.356 e. The molecule has 0 spiro atoms. The zero-order chi connectivity index (χ0) is 16.3. The van der Waals surface area contributed by atoms with Crippen LogP contribution in [0.1, 0.15) is 39.3 Å². The number of anilines is 1. The summed E-state index contributed by atoms with van der Waals surface area (Å²) in [5.74, 6) is 1.11. The first-order valence-corrected chi connectivity index (χ1v) is 8.97. The lowest BCUT2D eigenvalue weighted by molar-refractivity contribution is -0.126. The quantitative estimate of drug-likeness (QED) is 0.685. The third kappa shape index (κ3) is 4.60. The molecule has 2 rings (SSSR count). The van der Waals surface area contributed by atoms with Gasteiger partial charge < -0.3 is 10.2 Å². The Labute approximate surface area is 137 Å². The van der Waals surface area contributed by atoms with Gasteiger partial charge in [0.1, 0.15) is 5.82 Å². The van der Waals surface area contributed by atoms with Gasteiger partial charge in [-0.1, -0.05) is 11.8 Å². The lowest BCUT2D eigenvalue weighted by atomic mass is 9.95. The molecule has 1 aromatic heterocycles. The van der Waals surface area contributed by atoms with Gasteiger partial charge in [-0.25, -0.2) is 9.97 Å². The third-order valence-corrected chi connectivity index (χ3v) is 4.16. The number of nitrogens with one attached hydrogen (secondary N) is 1. The molecule has 5 nitrogen and oxygen atoms in total. The number of carbonyl (C=O) groups excluding carboxylic acids is 1. The fraction of sp³-hybridized carbons (Fsp3) is 0.688. The topological polar surface area (TPSA) is 58.1 Å². The lowest BCUT2D eigenvalue weighted by Crippen LogP contribution is -2.48. The second kappa shape index (κ2) is 6.86. The maximum absolute atomic E-state index is 12.4. The predicted molar refractivity (Wildman–Crippen MR) is 91.4 cm³/mol. The van der Waals surface area contributed by atoms with Crippen molar-refractivity contribution in [2.24, 2.45) is 5.92 Å². The number of nitrogens with zero attached hydrogens (tertiary/aromatic N) is 3. The van der Waals surface area contributed by atoms with Crippen LogP contribution in [-0.2, 0) is 4.79 Å². The van der Waals surface area contributed by atoms with Crippen molar-refractivity contribution in [2.45, 2.75) is 51.2 Å². The highest BCUT2D eigenvalue weighted by Crippen LogP contribution is 2.24. The molecule has 2 heterocycles. The van der Waals surface area contributed by atoms with E-state index in [1.165, 1.54) is 0 Å². The van der Waals surface area contributed by atoms with Gasteiger partial charge in [-0.15, -0.1) is 0 Å². The van der Waals surface area contributed by atoms with E-state index in [0.717, 1.165) is 42.6 Å². The zero-order valence-electron chi connectivity index (χ0n) is 14.1. The first-order chi connectivity index (χ1) is 10.3. The Hall–Kier alpha value is -1.30.